The number of benzene rings is 2. The van der Waals surface area contributed by atoms with Gasteiger partial charge < -0.3 is 9.88 Å². The van der Waals surface area contributed by atoms with Crippen LogP contribution in [-0.4, -0.2) is 35.4 Å². The Kier molecular flexibility index (Phi) is 5.84. The standard InChI is InChI=1S/C23H30N4O2S/c1-4-27-22-9-8-20(30(28,29)26-10-6-5-7-11-26)15-21(22)25-23(27)16-24-19-13-17(2)12-18(3)14-19/h8-9,12-15,24H,4-7,10-11,16H2,1-3H3. The van der Waals surface area contributed by atoms with Crippen molar-refractivity contribution in [2.75, 3.05) is 18.4 Å². The molecule has 4 rings (SSSR count). The molecule has 0 saturated carbocycles. The molecule has 1 saturated heterocycles. The van der Waals surface area contributed by atoms with E-state index in [1.165, 1.54) is 11.1 Å². The molecule has 0 spiro atoms. The van der Waals surface area contributed by atoms with E-state index >= 15 is 0 Å². The lowest BCUT2D eigenvalue weighted by atomic mass is 10.1. The van der Waals surface area contributed by atoms with E-state index in [2.05, 4.69) is 48.9 Å². The number of hydrogen-bond donors (Lipinski definition) is 1. The van der Waals surface area contributed by atoms with Crippen LogP contribution in [0.1, 0.15) is 43.1 Å². The summed E-state index contributed by atoms with van der Waals surface area (Å²) in [6.07, 6.45) is 2.96. The zero-order chi connectivity index (χ0) is 21.3. The monoisotopic (exact) mass is 426 g/mol. The molecule has 0 radical (unpaired) electrons. The first kappa shape index (κ1) is 20.9. The molecule has 30 heavy (non-hydrogen) atoms. The molecule has 1 aliphatic heterocycles. The molecule has 6 nitrogen and oxygen atoms in total. The first-order chi connectivity index (χ1) is 14.4. The summed E-state index contributed by atoms with van der Waals surface area (Å²) in [6.45, 7) is 8.83. The molecule has 1 fully saturated rings. The van der Waals surface area contributed by atoms with Crippen molar-refractivity contribution < 1.29 is 8.42 Å². The second-order valence-electron chi connectivity index (χ2n) is 8.12. The minimum atomic E-state index is -3.46. The topological polar surface area (TPSA) is 67.2 Å². The smallest absolute Gasteiger partial charge is 0.243 e. The van der Waals surface area contributed by atoms with Gasteiger partial charge in [0, 0.05) is 25.3 Å². The van der Waals surface area contributed by atoms with Gasteiger partial charge in [-0.2, -0.15) is 4.31 Å². The molecule has 1 N–H and O–H groups in total. The lowest BCUT2D eigenvalue weighted by molar-refractivity contribution is 0.346. The van der Waals surface area contributed by atoms with E-state index in [0.717, 1.165) is 48.4 Å². The summed E-state index contributed by atoms with van der Waals surface area (Å²) in [7, 11) is -3.46. The number of hydrogen-bond acceptors (Lipinski definition) is 4. The van der Waals surface area contributed by atoms with Gasteiger partial charge >= 0.3 is 0 Å². The van der Waals surface area contributed by atoms with E-state index < -0.39 is 10.0 Å². The quantitative estimate of drug-likeness (QED) is 0.632. The van der Waals surface area contributed by atoms with E-state index in [-0.39, 0.29) is 0 Å². The minimum Gasteiger partial charge on any atom is -0.378 e. The molecular formula is C23H30N4O2S. The fourth-order valence-electron chi connectivity index (χ4n) is 4.32. The van der Waals surface area contributed by atoms with Gasteiger partial charge in [-0.1, -0.05) is 12.5 Å². The van der Waals surface area contributed by atoms with Crippen molar-refractivity contribution in [3.8, 4) is 0 Å². The van der Waals surface area contributed by atoms with Crippen LogP contribution in [0.25, 0.3) is 11.0 Å². The van der Waals surface area contributed by atoms with Gasteiger partial charge in [0.2, 0.25) is 10.0 Å². The van der Waals surface area contributed by atoms with Crippen LogP contribution in [0.5, 0.6) is 0 Å². The summed E-state index contributed by atoms with van der Waals surface area (Å²) in [5.74, 6) is 0.902. The van der Waals surface area contributed by atoms with Crippen LogP contribution >= 0.6 is 0 Å². The fraction of sp³-hybridized carbons (Fsp3) is 0.435. The molecule has 1 aliphatic rings. The fourth-order valence-corrected chi connectivity index (χ4v) is 5.86. The third-order valence-electron chi connectivity index (χ3n) is 5.74. The number of nitrogens with one attached hydrogen (secondary N) is 1. The Labute approximate surface area is 179 Å². The average molecular weight is 427 g/mol. The van der Waals surface area contributed by atoms with Gasteiger partial charge in [-0.15, -0.1) is 0 Å². The van der Waals surface area contributed by atoms with E-state index in [9.17, 15) is 8.42 Å². The summed E-state index contributed by atoms with van der Waals surface area (Å²) in [5.41, 5.74) is 5.19. The Bertz CT molecular complexity index is 1140. The summed E-state index contributed by atoms with van der Waals surface area (Å²) >= 11 is 0. The summed E-state index contributed by atoms with van der Waals surface area (Å²) in [5, 5.41) is 3.47. The molecule has 0 aliphatic carbocycles. The van der Waals surface area contributed by atoms with Crippen LogP contribution in [0.2, 0.25) is 0 Å². The lowest BCUT2D eigenvalue weighted by Crippen LogP contribution is -2.35. The van der Waals surface area contributed by atoms with Crippen molar-refractivity contribution in [3.63, 3.8) is 0 Å². The molecule has 160 valence electrons. The third-order valence-corrected chi connectivity index (χ3v) is 7.63. The maximum absolute atomic E-state index is 13.0. The largest absolute Gasteiger partial charge is 0.378 e. The summed E-state index contributed by atoms with van der Waals surface area (Å²) < 4.78 is 29.8. The van der Waals surface area contributed by atoms with Gasteiger partial charge in [0.05, 0.1) is 22.5 Å². The molecule has 2 aromatic carbocycles. The number of aryl methyl sites for hydroxylation is 3. The molecule has 2 heterocycles. The average Bonchev–Trinajstić information content (AvgIpc) is 3.09. The Morgan fingerprint density at radius 1 is 1.00 bits per heavy atom. The minimum absolute atomic E-state index is 0.339. The first-order valence-corrected chi connectivity index (χ1v) is 12.1. The molecule has 3 aromatic rings. The SMILES string of the molecule is CCn1c(CNc2cc(C)cc(C)c2)nc2cc(S(=O)(=O)N3CCCCC3)ccc21. The Hall–Kier alpha value is -2.38. The number of imidazole rings is 1. The number of piperidine rings is 1. The van der Waals surface area contributed by atoms with Crippen LogP contribution in [0.15, 0.2) is 41.3 Å². The van der Waals surface area contributed by atoms with Crippen molar-refractivity contribution in [2.45, 2.75) is 58.0 Å². The number of rotatable bonds is 6. The third kappa shape index (κ3) is 4.09. The van der Waals surface area contributed by atoms with Gasteiger partial charge in [0.25, 0.3) is 0 Å². The maximum atomic E-state index is 13.0. The Morgan fingerprint density at radius 2 is 1.70 bits per heavy atom. The maximum Gasteiger partial charge on any atom is 0.243 e. The first-order valence-electron chi connectivity index (χ1n) is 10.7. The van der Waals surface area contributed by atoms with Gasteiger partial charge in [-0.25, -0.2) is 13.4 Å². The van der Waals surface area contributed by atoms with Crippen LogP contribution < -0.4 is 5.32 Å². The van der Waals surface area contributed by atoms with Crippen molar-refractivity contribution in [1.82, 2.24) is 13.9 Å². The van der Waals surface area contributed by atoms with Crippen LogP contribution in [-0.2, 0) is 23.1 Å². The number of nitrogens with zero attached hydrogens (tertiary/aromatic N) is 3. The zero-order valence-corrected chi connectivity index (χ0v) is 18.8. The number of aromatic nitrogens is 2. The lowest BCUT2D eigenvalue weighted by Gasteiger charge is -2.25. The predicted molar refractivity (Wildman–Crippen MR) is 121 cm³/mol. The van der Waals surface area contributed by atoms with Gasteiger partial charge in [0.15, 0.2) is 0 Å². The molecule has 0 bridgehead atoms. The highest BCUT2D eigenvalue weighted by molar-refractivity contribution is 7.89. The molecule has 7 heteroatoms. The molecule has 0 atom stereocenters. The van der Waals surface area contributed by atoms with Crippen molar-refractivity contribution >= 4 is 26.7 Å². The van der Waals surface area contributed by atoms with Gasteiger partial charge in [-0.05, 0) is 75.1 Å². The van der Waals surface area contributed by atoms with Crippen LogP contribution in [0.3, 0.4) is 0 Å². The number of anilines is 1. The summed E-state index contributed by atoms with van der Waals surface area (Å²) in [4.78, 5) is 5.12. The molecule has 1 aromatic heterocycles. The molecule has 0 unspecified atom stereocenters. The van der Waals surface area contributed by atoms with Crippen LogP contribution in [0, 0.1) is 13.8 Å². The Balaban J connectivity index is 1.63. The highest BCUT2D eigenvalue weighted by atomic mass is 32.2. The number of sulfonamides is 1. The predicted octanol–water partition coefficient (Wildman–Crippen LogP) is 4.46. The van der Waals surface area contributed by atoms with Gasteiger partial charge in [0.1, 0.15) is 5.82 Å². The second kappa shape index (κ2) is 8.40. The molecule has 0 amide bonds. The summed E-state index contributed by atoms with van der Waals surface area (Å²) in [6, 6.07) is 11.7. The van der Waals surface area contributed by atoms with Gasteiger partial charge in [-0.3, -0.25) is 0 Å². The highest BCUT2D eigenvalue weighted by Gasteiger charge is 2.26. The molecular weight excluding hydrogens is 396 g/mol. The van der Waals surface area contributed by atoms with E-state index in [1.807, 2.05) is 6.07 Å². The van der Waals surface area contributed by atoms with E-state index in [4.69, 9.17) is 4.98 Å². The highest BCUT2D eigenvalue weighted by Crippen LogP contribution is 2.25. The zero-order valence-electron chi connectivity index (χ0n) is 18.0. The van der Waals surface area contributed by atoms with Crippen LogP contribution in [0.4, 0.5) is 5.69 Å². The normalized spacial score (nSPS) is 15.6. The Morgan fingerprint density at radius 3 is 2.37 bits per heavy atom. The van der Waals surface area contributed by atoms with Crippen molar-refractivity contribution in [3.05, 3.63) is 53.3 Å². The van der Waals surface area contributed by atoms with E-state index in [0.29, 0.717) is 24.5 Å². The number of fused-ring (bicyclic) bond motifs is 1. The second-order valence-corrected chi connectivity index (χ2v) is 10.1. The van der Waals surface area contributed by atoms with Crippen molar-refractivity contribution in [2.24, 2.45) is 0 Å². The van der Waals surface area contributed by atoms with Crippen molar-refractivity contribution in [1.29, 1.82) is 0 Å². The van der Waals surface area contributed by atoms with E-state index in [1.54, 1.807) is 16.4 Å².